The molecule has 0 aliphatic carbocycles. The molecule has 1 heterocycles. The average Bonchev–Trinajstić information content (AvgIpc) is 2.48. The van der Waals surface area contributed by atoms with Gasteiger partial charge in [0.05, 0.1) is 0 Å². The molecule has 1 aliphatic heterocycles. The molecule has 1 aromatic carbocycles. The van der Waals surface area contributed by atoms with Crippen LogP contribution in [0.1, 0.15) is 49.8 Å². The Morgan fingerprint density at radius 1 is 1.24 bits per heavy atom. The van der Waals surface area contributed by atoms with E-state index in [-0.39, 0.29) is 18.2 Å². The molecule has 1 atom stereocenters. The minimum atomic E-state index is -0.0712. The lowest BCUT2D eigenvalue weighted by molar-refractivity contribution is 0.162. The Hall–Kier alpha value is -0.640. The van der Waals surface area contributed by atoms with Gasteiger partial charge in [0.1, 0.15) is 5.82 Å². The van der Waals surface area contributed by atoms with Crippen LogP contribution in [0.3, 0.4) is 0 Å². The molecule has 4 heteroatoms. The first-order chi connectivity index (χ1) is 9.74. The molecule has 2 nitrogen and oxygen atoms in total. The largest absolute Gasteiger partial charge is 0.314 e. The number of hydrogen-bond donors (Lipinski definition) is 1. The van der Waals surface area contributed by atoms with Gasteiger partial charge in [-0.3, -0.25) is 4.90 Å². The summed E-state index contributed by atoms with van der Waals surface area (Å²) in [6, 6.07) is 5.91. The first-order valence-corrected chi connectivity index (χ1v) is 7.93. The summed E-state index contributed by atoms with van der Waals surface area (Å²) in [6.07, 6.45) is 4.85. The standard InChI is InChI=1S/C17H27FN2.ClH/c1-3-4-5-9-17(20-12-10-19-11-13-20)15-7-6-8-16(18)14(15)2;/h6-8,17,19H,3-5,9-13H2,1-2H3;1H/t17-;/m0./s1. The van der Waals surface area contributed by atoms with Crippen LogP contribution in [0.25, 0.3) is 0 Å². The summed E-state index contributed by atoms with van der Waals surface area (Å²) in [6.45, 7) is 8.35. The lowest BCUT2D eigenvalue weighted by atomic mass is 9.94. The molecule has 0 amide bonds. The number of halogens is 2. The SMILES string of the molecule is CCCCC[C@@H](c1cccc(F)c1C)N1CCNCC1.Cl. The van der Waals surface area contributed by atoms with Gasteiger partial charge < -0.3 is 5.32 Å². The third kappa shape index (κ3) is 4.94. The maximum absolute atomic E-state index is 13.9. The molecule has 2 rings (SSSR count). The van der Waals surface area contributed by atoms with Crippen molar-refractivity contribution in [1.82, 2.24) is 10.2 Å². The Morgan fingerprint density at radius 3 is 2.62 bits per heavy atom. The van der Waals surface area contributed by atoms with E-state index in [2.05, 4.69) is 23.2 Å². The van der Waals surface area contributed by atoms with Crippen LogP contribution in [0, 0.1) is 12.7 Å². The summed E-state index contributed by atoms with van der Waals surface area (Å²) >= 11 is 0. The van der Waals surface area contributed by atoms with Crippen molar-refractivity contribution in [3.05, 3.63) is 35.1 Å². The van der Waals surface area contributed by atoms with E-state index in [0.29, 0.717) is 6.04 Å². The van der Waals surface area contributed by atoms with Gasteiger partial charge in [0.2, 0.25) is 0 Å². The van der Waals surface area contributed by atoms with Crippen molar-refractivity contribution in [2.24, 2.45) is 0 Å². The molecular weight excluding hydrogens is 287 g/mol. The number of nitrogens with zero attached hydrogens (tertiary/aromatic N) is 1. The third-order valence-corrected chi connectivity index (χ3v) is 4.34. The Morgan fingerprint density at radius 2 is 1.95 bits per heavy atom. The minimum Gasteiger partial charge on any atom is -0.314 e. The van der Waals surface area contributed by atoms with Crippen molar-refractivity contribution < 1.29 is 4.39 Å². The van der Waals surface area contributed by atoms with Crippen molar-refractivity contribution >= 4 is 12.4 Å². The van der Waals surface area contributed by atoms with Crippen LogP contribution >= 0.6 is 12.4 Å². The van der Waals surface area contributed by atoms with E-state index in [1.165, 1.54) is 24.8 Å². The maximum atomic E-state index is 13.9. The van der Waals surface area contributed by atoms with E-state index in [1.54, 1.807) is 6.07 Å². The van der Waals surface area contributed by atoms with Gasteiger partial charge in [-0.2, -0.15) is 0 Å². The Balaban J connectivity index is 0.00000220. The van der Waals surface area contributed by atoms with Crippen LogP contribution in [0.4, 0.5) is 4.39 Å². The molecule has 0 spiro atoms. The van der Waals surface area contributed by atoms with E-state index in [0.717, 1.165) is 38.2 Å². The van der Waals surface area contributed by atoms with E-state index in [4.69, 9.17) is 0 Å². The second-order valence-electron chi connectivity index (χ2n) is 5.75. The second-order valence-corrected chi connectivity index (χ2v) is 5.75. The highest BCUT2D eigenvalue weighted by atomic mass is 35.5. The Kier molecular flexibility index (Phi) is 8.23. The maximum Gasteiger partial charge on any atom is 0.126 e. The molecule has 1 fully saturated rings. The Labute approximate surface area is 134 Å². The van der Waals surface area contributed by atoms with Gasteiger partial charge >= 0.3 is 0 Å². The van der Waals surface area contributed by atoms with E-state index in [9.17, 15) is 4.39 Å². The minimum absolute atomic E-state index is 0. The van der Waals surface area contributed by atoms with Gasteiger partial charge in [-0.15, -0.1) is 12.4 Å². The van der Waals surface area contributed by atoms with Crippen LogP contribution < -0.4 is 5.32 Å². The number of rotatable bonds is 6. The molecule has 120 valence electrons. The molecule has 21 heavy (non-hydrogen) atoms. The lowest BCUT2D eigenvalue weighted by Crippen LogP contribution is -2.45. The fourth-order valence-electron chi connectivity index (χ4n) is 3.10. The molecule has 1 N–H and O–H groups in total. The highest BCUT2D eigenvalue weighted by Gasteiger charge is 2.23. The highest BCUT2D eigenvalue weighted by molar-refractivity contribution is 5.85. The van der Waals surface area contributed by atoms with Gasteiger partial charge in [0.15, 0.2) is 0 Å². The van der Waals surface area contributed by atoms with E-state index in [1.807, 2.05) is 13.0 Å². The fraction of sp³-hybridized carbons (Fsp3) is 0.647. The fourth-order valence-corrected chi connectivity index (χ4v) is 3.10. The van der Waals surface area contributed by atoms with Gasteiger partial charge in [0.25, 0.3) is 0 Å². The smallest absolute Gasteiger partial charge is 0.126 e. The second kappa shape index (κ2) is 9.39. The molecule has 1 aromatic rings. The number of nitrogens with one attached hydrogen (secondary N) is 1. The normalized spacial score (nSPS) is 17.3. The zero-order valence-electron chi connectivity index (χ0n) is 13.2. The lowest BCUT2D eigenvalue weighted by Gasteiger charge is -2.36. The first kappa shape index (κ1) is 18.4. The van der Waals surface area contributed by atoms with Gasteiger partial charge in [-0.1, -0.05) is 38.3 Å². The molecule has 0 unspecified atom stereocenters. The quantitative estimate of drug-likeness (QED) is 0.796. The summed E-state index contributed by atoms with van der Waals surface area (Å²) < 4.78 is 13.9. The summed E-state index contributed by atoms with van der Waals surface area (Å²) in [7, 11) is 0. The highest BCUT2D eigenvalue weighted by Crippen LogP contribution is 2.30. The van der Waals surface area contributed by atoms with E-state index < -0.39 is 0 Å². The zero-order valence-corrected chi connectivity index (χ0v) is 14.0. The van der Waals surface area contributed by atoms with Gasteiger partial charge in [-0.05, 0) is 30.5 Å². The van der Waals surface area contributed by atoms with Crippen LogP contribution in [0.2, 0.25) is 0 Å². The van der Waals surface area contributed by atoms with Crippen molar-refractivity contribution in [2.45, 2.75) is 45.6 Å². The monoisotopic (exact) mass is 314 g/mol. The average molecular weight is 315 g/mol. The summed E-state index contributed by atoms with van der Waals surface area (Å²) in [5.74, 6) is -0.0712. The van der Waals surface area contributed by atoms with Crippen molar-refractivity contribution in [1.29, 1.82) is 0 Å². The summed E-state index contributed by atoms with van der Waals surface area (Å²) in [5, 5.41) is 3.40. The van der Waals surface area contributed by atoms with Crippen LogP contribution in [0.5, 0.6) is 0 Å². The zero-order chi connectivity index (χ0) is 14.4. The number of hydrogen-bond acceptors (Lipinski definition) is 2. The van der Waals surface area contributed by atoms with Crippen LogP contribution in [0.15, 0.2) is 18.2 Å². The number of piperazine rings is 1. The third-order valence-electron chi connectivity index (χ3n) is 4.34. The van der Waals surface area contributed by atoms with Gasteiger partial charge in [-0.25, -0.2) is 4.39 Å². The molecule has 1 aliphatic rings. The summed E-state index contributed by atoms with van der Waals surface area (Å²) in [5.41, 5.74) is 2.01. The van der Waals surface area contributed by atoms with Gasteiger partial charge in [0, 0.05) is 32.2 Å². The van der Waals surface area contributed by atoms with Crippen LogP contribution in [-0.2, 0) is 0 Å². The molecule has 0 radical (unpaired) electrons. The van der Waals surface area contributed by atoms with E-state index >= 15 is 0 Å². The molecule has 0 bridgehead atoms. The number of unbranched alkanes of at least 4 members (excludes halogenated alkanes) is 2. The predicted octanol–water partition coefficient (Wildman–Crippen LogP) is 4.08. The van der Waals surface area contributed by atoms with Crippen LogP contribution in [-0.4, -0.2) is 31.1 Å². The van der Waals surface area contributed by atoms with Crippen molar-refractivity contribution in [2.75, 3.05) is 26.2 Å². The first-order valence-electron chi connectivity index (χ1n) is 7.93. The van der Waals surface area contributed by atoms with Crippen molar-refractivity contribution in [3.8, 4) is 0 Å². The Bertz CT molecular complexity index is 419. The molecule has 1 saturated heterocycles. The molecular formula is C17H28ClFN2. The number of benzene rings is 1. The van der Waals surface area contributed by atoms with Crippen molar-refractivity contribution in [3.63, 3.8) is 0 Å². The molecule has 0 aromatic heterocycles. The molecule has 0 saturated carbocycles. The topological polar surface area (TPSA) is 15.3 Å². The predicted molar refractivity (Wildman–Crippen MR) is 89.7 cm³/mol. The summed E-state index contributed by atoms with van der Waals surface area (Å²) in [4.78, 5) is 2.52.